The first-order valence-corrected chi connectivity index (χ1v) is 8.61. The lowest BCUT2D eigenvalue weighted by Gasteiger charge is -2.16. The molecule has 0 aliphatic heterocycles. The fourth-order valence-electron chi connectivity index (χ4n) is 2.22. The van der Waals surface area contributed by atoms with Crippen molar-refractivity contribution in [1.82, 2.24) is 4.90 Å². The lowest BCUT2D eigenvalue weighted by molar-refractivity contribution is -0.386. The summed E-state index contributed by atoms with van der Waals surface area (Å²) >= 11 is 0. The van der Waals surface area contributed by atoms with E-state index in [1.165, 1.54) is 31.0 Å². The monoisotopic (exact) mass is 313 g/mol. The number of hydrogen-bond acceptors (Lipinski definition) is 6. The molecule has 1 aliphatic carbocycles. The minimum absolute atomic E-state index is 0.243. The van der Waals surface area contributed by atoms with Gasteiger partial charge in [-0.15, -0.1) is 0 Å². The van der Waals surface area contributed by atoms with Gasteiger partial charge < -0.3 is 10.2 Å². The summed E-state index contributed by atoms with van der Waals surface area (Å²) in [7, 11) is -1.62. The lowest BCUT2D eigenvalue weighted by atomic mass is 10.2. The van der Waals surface area contributed by atoms with Crippen LogP contribution in [0.15, 0.2) is 23.1 Å². The van der Waals surface area contributed by atoms with E-state index in [1.807, 2.05) is 7.05 Å². The molecule has 116 valence electrons. The number of nitro groups is 1. The van der Waals surface area contributed by atoms with Crippen molar-refractivity contribution in [3.8, 4) is 0 Å². The van der Waals surface area contributed by atoms with Crippen molar-refractivity contribution in [3.63, 3.8) is 0 Å². The van der Waals surface area contributed by atoms with Crippen molar-refractivity contribution in [3.05, 3.63) is 28.3 Å². The number of para-hydroxylation sites is 1. The van der Waals surface area contributed by atoms with Crippen LogP contribution in [0.1, 0.15) is 12.8 Å². The molecule has 8 heteroatoms. The third-order valence-electron chi connectivity index (χ3n) is 3.53. The maximum absolute atomic E-state index is 11.6. The summed E-state index contributed by atoms with van der Waals surface area (Å²) < 4.78 is 23.3. The van der Waals surface area contributed by atoms with Gasteiger partial charge in [-0.1, -0.05) is 6.07 Å². The van der Waals surface area contributed by atoms with E-state index < -0.39 is 14.8 Å². The summed E-state index contributed by atoms with van der Waals surface area (Å²) in [5.41, 5.74) is -0.138. The Labute approximate surface area is 124 Å². The molecule has 0 spiro atoms. The Morgan fingerprint density at radius 3 is 2.62 bits per heavy atom. The Morgan fingerprint density at radius 1 is 1.43 bits per heavy atom. The maximum Gasteiger partial charge on any atom is 0.310 e. The zero-order valence-corrected chi connectivity index (χ0v) is 12.9. The highest BCUT2D eigenvalue weighted by atomic mass is 32.2. The van der Waals surface area contributed by atoms with Gasteiger partial charge in [-0.05, 0) is 32.0 Å². The molecule has 0 bridgehead atoms. The van der Waals surface area contributed by atoms with Crippen LogP contribution in [0.4, 0.5) is 11.4 Å². The van der Waals surface area contributed by atoms with Crippen LogP contribution >= 0.6 is 0 Å². The lowest BCUT2D eigenvalue weighted by Crippen LogP contribution is -2.27. The Morgan fingerprint density at radius 2 is 2.10 bits per heavy atom. The van der Waals surface area contributed by atoms with Crippen molar-refractivity contribution in [2.24, 2.45) is 0 Å². The first kappa shape index (κ1) is 15.7. The van der Waals surface area contributed by atoms with E-state index in [4.69, 9.17) is 0 Å². The van der Waals surface area contributed by atoms with Crippen molar-refractivity contribution in [2.45, 2.75) is 23.8 Å². The van der Waals surface area contributed by atoms with E-state index >= 15 is 0 Å². The molecule has 21 heavy (non-hydrogen) atoms. The number of benzene rings is 1. The number of anilines is 1. The summed E-state index contributed by atoms with van der Waals surface area (Å²) in [5, 5.41) is 14.2. The molecule has 1 aliphatic rings. The standard InChI is InChI=1S/C13H19N3O4S/c1-15(10-6-7-10)9-8-14-11-4-3-5-12(21(2,19)20)13(11)16(17)18/h3-5,10,14H,6-9H2,1-2H3. The number of nitrogens with one attached hydrogen (secondary N) is 1. The summed E-state index contributed by atoms with van der Waals surface area (Å²) in [4.78, 5) is 12.5. The second kappa shape index (κ2) is 5.98. The highest BCUT2D eigenvalue weighted by molar-refractivity contribution is 7.90. The molecule has 1 aromatic carbocycles. The molecule has 0 amide bonds. The number of hydrogen-bond donors (Lipinski definition) is 1. The molecule has 7 nitrogen and oxygen atoms in total. The van der Waals surface area contributed by atoms with Crippen LogP contribution in [-0.2, 0) is 9.84 Å². The first-order valence-electron chi connectivity index (χ1n) is 6.72. The molecular formula is C13H19N3O4S. The molecular weight excluding hydrogens is 294 g/mol. The molecule has 0 unspecified atom stereocenters. The van der Waals surface area contributed by atoms with Crippen LogP contribution in [0.5, 0.6) is 0 Å². The molecule has 0 heterocycles. The predicted molar refractivity (Wildman–Crippen MR) is 80.3 cm³/mol. The SMILES string of the molecule is CN(CCNc1cccc(S(C)(=O)=O)c1[N+](=O)[O-])C1CC1. The van der Waals surface area contributed by atoms with Crippen LogP contribution < -0.4 is 5.32 Å². The third-order valence-corrected chi connectivity index (χ3v) is 4.66. The maximum atomic E-state index is 11.6. The zero-order chi connectivity index (χ0) is 15.6. The number of nitrogens with zero attached hydrogens (tertiary/aromatic N) is 2. The molecule has 0 radical (unpaired) electrons. The van der Waals surface area contributed by atoms with Crippen molar-refractivity contribution < 1.29 is 13.3 Å². The molecule has 1 fully saturated rings. The minimum atomic E-state index is -3.64. The third kappa shape index (κ3) is 3.92. The highest BCUT2D eigenvalue weighted by Gasteiger charge is 2.27. The van der Waals surface area contributed by atoms with E-state index in [1.54, 1.807) is 0 Å². The molecule has 1 saturated carbocycles. The molecule has 1 N–H and O–H groups in total. The fraction of sp³-hybridized carbons (Fsp3) is 0.538. The summed E-state index contributed by atoms with van der Waals surface area (Å²) in [5.74, 6) is 0. The fourth-order valence-corrected chi connectivity index (χ4v) is 3.08. The van der Waals surface area contributed by atoms with Gasteiger partial charge in [-0.3, -0.25) is 10.1 Å². The van der Waals surface area contributed by atoms with Gasteiger partial charge in [0.05, 0.1) is 4.92 Å². The smallest absolute Gasteiger partial charge is 0.310 e. The Balaban J connectivity index is 2.16. The predicted octanol–water partition coefficient (Wildman–Crippen LogP) is 1.50. The quantitative estimate of drug-likeness (QED) is 0.606. The topological polar surface area (TPSA) is 92.6 Å². The second-order valence-electron chi connectivity index (χ2n) is 5.32. The van der Waals surface area contributed by atoms with Crippen LogP contribution in [0, 0.1) is 10.1 Å². The van der Waals surface area contributed by atoms with Crippen LogP contribution in [0.25, 0.3) is 0 Å². The number of likely N-dealkylation sites (N-methyl/N-ethyl adjacent to an activating group) is 1. The van der Waals surface area contributed by atoms with Crippen molar-refractivity contribution in [1.29, 1.82) is 0 Å². The van der Waals surface area contributed by atoms with Crippen molar-refractivity contribution in [2.75, 3.05) is 31.7 Å². The normalized spacial score (nSPS) is 15.2. The average molecular weight is 313 g/mol. The Kier molecular flexibility index (Phi) is 4.48. The second-order valence-corrected chi connectivity index (χ2v) is 7.30. The number of sulfone groups is 1. The van der Waals surface area contributed by atoms with Crippen LogP contribution in [0.3, 0.4) is 0 Å². The van der Waals surface area contributed by atoms with Crippen molar-refractivity contribution >= 4 is 21.2 Å². The molecule has 0 saturated heterocycles. The summed E-state index contributed by atoms with van der Waals surface area (Å²) in [6.07, 6.45) is 3.36. The molecule has 0 atom stereocenters. The minimum Gasteiger partial charge on any atom is -0.378 e. The summed E-state index contributed by atoms with van der Waals surface area (Å²) in [6, 6.07) is 4.92. The first-order chi connectivity index (χ1) is 9.80. The number of nitro benzene ring substituents is 1. The molecule has 2 rings (SSSR count). The Hall–Kier alpha value is -1.67. The van der Waals surface area contributed by atoms with Gasteiger partial charge >= 0.3 is 5.69 Å². The molecule has 0 aromatic heterocycles. The van der Waals surface area contributed by atoms with Gasteiger partial charge in [0.15, 0.2) is 9.84 Å². The van der Waals surface area contributed by atoms with E-state index in [0.29, 0.717) is 12.6 Å². The highest BCUT2D eigenvalue weighted by Crippen LogP contribution is 2.32. The van der Waals surface area contributed by atoms with Gasteiger partial charge in [-0.25, -0.2) is 8.42 Å². The zero-order valence-electron chi connectivity index (χ0n) is 12.1. The van der Waals surface area contributed by atoms with Gasteiger partial charge in [0.25, 0.3) is 0 Å². The van der Waals surface area contributed by atoms with E-state index in [0.717, 1.165) is 12.8 Å². The van der Waals surface area contributed by atoms with Gasteiger partial charge in [0.2, 0.25) is 0 Å². The average Bonchev–Trinajstić information content (AvgIpc) is 3.21. The van der Waals surface area contributed by atoms with Gasteiger partial charge in [0, 0.05) is 25.4 Å². The summed E-state index contributed by atoms with van der Waals surface area (Å²) in [6.45, 7) is 1.28. The molecule has 1 aromatic rings. The van der Waals surface area contributed by atoms with E-state index in [9.17, 15) is 18.5 Å². The number of rotatable bonds is 7. The van der Waals surface area contributed by atoms with E-state index in [2.05, 4.69) is 10.2 Å². The van der Waals surface area contributed by atoms with E-state index in [-0.39, 0.29) is 16.3 Å². The Bertz CT molecular complexity index is 641. The van der Waals surface area contributed by atoms with Crippen LogP contribution in [0.2, 0.25) is 0 Å². The van der Waals surface area contributed by atoms with Crippen LogP contribution in [-0.4, -0.2) is 50.7 Å². The largest absolute Gasteiger partial charge is 0.378 e. The van der Waals surface area contributed by atoms with Gasteiger partial charge in [-0.2, -0.15) is 0 Å². The van der Waals surface area contributed by atoms with Gasteiger partial charge in [0.1, 0.15) is 10.6 Å².